The van der Waals surface area contributed by atoms with E-state index in [1.807, 2.05) is 13.8 Å². The molecule has 0 saturated heterocycles. The van der Waals surface area contributed by atoms with Gasteiger partial charge in [-0.2, -0.15) is 5.26 Å². The first kappa shape index (κ1) is 17.9. The van der Waals surface area contributed by atoms with E-state index in [1.54, 1.807) is 25.1 Å². The summed E-state index contributed by atoms with van der Waals surface area (Å²) in [4.78, 5) is 16.2. The van der Waals surface area contributed by atoms with E-state index in [4.69, 9.17) is 0 Å². The standard InChI is InChI=1S/C16H18FN5OS/c1-10(2)16(3,9-18)20-13(23)8-24-15-19-14(21-22-15)11-6-4-5-7-12(11)17/h4-7,10H,8H2,1-3H3,(H,20,23)(H,19,21,22)/t16-/m1/s1. The zero-order chi connectivity index (χ0) is 17.7. The second-order valence-corrected chi connectivity index (χ2v) is 6.69. The van der Waals surface area contributed by atoms with Gasteiger partial charge < -0.3 is 5.32 Å². The first-order valence-electron chi connectivity index (χ1n) is 7.38. The van der Waals surface area contributed by atoms with E-state index in [9.17, 15) is 14.4 Å². The molecule has 0 saturated carbocycles. The van der Waals surface area contributed by atoms with Gasteiger partial charge in [0.2, 0.25) is 11.1 Å². The van der Waals surface area contributed by atoms with Crippen molar-refractivity contribution in [2.24, 2.45) is 5.92 Å². The number of H-pyrrole nitrogens is 1. The summed E-state index contributed by atoms with van der Waals surface area (Å²) in [7, 11) is 0. The van der Waals surface area contributed by atoms with Gasteiger partial charge >= 0.3 is 0 Å². The fraction of sp³-hybridized carbons (Fsp3) is 0.375. The normalized spacial score (nSPS) is 13.3. The highest BCUT2D eigenvalue weighted by atomic mass is 32.2. The van der Waals surface area contributed by atoms with Gasteiger partial charge in [-0.3, -0.25) is 9.89 Å². The zero-order valence-corrected chi connectivity index (χ0v) is 14.4. The second-order valence-electron chi connectivity index (χ2n) is 5.75. The van der Waals surface area contributed by atoms with E-state index in [-0.39, 0.29) is 17.6 Å². The molecule has 2 rings (SSSR count). The monoisotopic (exact) mass is 347 g/mol. The molecule has 0 aliphatic rings. The molecule has 1 amide bonds. The maximum Gasteiger partial charge on any atom is 0.231 e. The molecule has 0 aliphatic carbocycles. The number of amides is 1. The lowest BCUT2D eigenvalue weighted by atomic mass is 9.90. The number of carbonyl (C=O) groups is 1. The van der Waals surface area contributed by atoms with Crippen LogP contribution in [0.2, 0.25) is 0 Å². The minimum absolute atomic E-state index is 0.0207. The summed E-state index contributed by atoms with van der Waals surface area (Å²) >= 11 is 1.12. The van der Waals surface area contributed by atoms with Crippen molar-refractivity contribution in [3.8, 4) is 17.5 Å². The molecule has 1 aromatic carbocycles. The van der Waals surface area contributed by atoms with Crippen LogP contribution in [0, 0.1) is 23.1 Å². The van der Waals surface area contributed by atoms with Crippen molar-refractivity contribution in [2.45, 2.75) is 31.5 Å². The van der Waals surface area contributed by atoms with Crippen LogP contribution in [-0.2, 0) is 4.79 Å². The van der Waals surface area contributed by atoms with Crippen LogP contribution < -0.4 is 5.32 Å². The lowest BCUT2D eigenvalue weighted by Gasteiger charge is -2.27. The maximum atomic E-state index is 13.7. The fourth-order valence-electron chi connectivity index (χ4n) is 1.84. The van der Waals surface area contributed by atoms with Gasteiger partial charge in [0, 0.05) is 0 Å². The maximum absolute atomic E-state index is 13.7. The summed E-state index contributed by atoms with van der Waals surface area (Å²) < 4.78 is 13.7. The summed E-state index contributed by atoms with van der Waals surface area (Å²) in [6, 6.07) is 8.35. The van der Waals surface area contributed by atoms with Gasteiger partial charge in [0.05, 0.1) is 17.4 Å². The third-order valence-electron chi connectivity index (χ3n) is 3.71. The summed E-state index contributed by atoms with van der Waals surface area (Å²) in [6.07, 6.45) is 0. The third-order valence-corrected chi connectivity index (χ3v) is 4.56. The third kappa shape index (κ3) is 4.11. The van der Waals surface area contributed by atoms with Crippen LogP contribution in [0.25, 0.3) is 11.4 Å². The van der Waals surface area contributed by atoms with Gasteiger partial charge in [-0.05, 0) is 25.0 Å². The number of nitrogens with one attached hydrogen (secondary N) is 2. The SMILES string of the molecule is CC(C)[C@@](C)(C#N)NC(=O)CSc1n[nH]c(-c2ccccc2F)n1. The molecule has 126 valence electrons. The summed E-state index contributed by atoms with van der Waals surface area (Å²) in [6.45, 7) is 5.42. The Hall–Kier alpha value is -2.40. The molecule has 1 aromatic heterocycles. The van der Waals surface area contributed by atoms with Crippen molar-refractivity contribution in [3.63, 3.8) is 0 Å². The van der Waals surface area contributed by atoms with E-state index in [1.165, 1.54) is 6.07 Å². The number of rotatable bonds is 6. The molecule has 2 aromatic rings. The van der Waals surface area contributed by atoms with E-state index >= 15 is 0 Å². The average Bonchev–Trinajstić information content (AvgIpc) is 3.01. The van der Waals surface area contributed by atoms with Gasteiger partial charge in [0.15, 0.2) is 5.82 Å². The highest BCUT2D eigenvalue weighted by Gasteiger charge is 2.29. The predicted molar refractivity (Wildman–Crippen MR) is 89.5 cm³/mol. The van der Waals surface area contributed by atoms with Gasteiger partial charge in [0.25, 0.3) is 0 Å². The van der Waals surface area contributed by atoms with Crippen molar-refractivity contribution in [2.75, 3.05) is 5.75 Å². The molecule has 8 heteroatoms. The molecular weight excluding hydrogens is 329 g/mol. The summed E-state index contributed by atoms with van der Waals surface area (Å²) in [5.41, 5.74) is -0.604. The summed E-state index contributed by atoms with van der Waals surface area (Å²) in [5.74, 6) is -0.328. The molecule has 0 unspecified atom stereocenters. The van der Waals surface area contributed by atoms with Crippen LogP contribution in [-0.4, -0.2) is 32.4 Å². The Morgan fingerprint density at radius 1 is 1.50 bits per heavy atom. The lowest BCUT2D eigenvalue weighted by molar-refractivity contribution is -0.120. The first-order chi connectivity index (χ1) is 11.4. The smallest absolute Gasteiger partial charge is 0.231 e. The largest absolute Gasteiger partial charge is 0.337 e. The minimum atomic E-state index is -0.922. The van der Waals surface area contributed by atoms with Crippen LogP contribution >= 0.6 is 11.8 Å². The molecule has 6 nitrogen and oxygen atoms in total. The number of nitriles is 1. The zero-order valence-electron chi connectivity index (χ0n) is 13.6. The predicted octanol–water partition coefficient (Wildman–Crippen LogP) is 2.76. The average molecular weight is 347 g/mol. The van der Waals surface area contributed by atoms with Gasteiger partial charge in [-0.15, -0.1) is 5.10 Å². The molecule has 0 bridgehead atoms. The van der Waals surface area contributed by atoms with Crippen LogP contribution in [0.3, 0.4) is 0 Å². The van der Waals surface area contributed by atoms with Crippen LogP contribution in [0.15, 0.2) is 29.4 Å². The molecule has 0 radical (unpaired) electrons. The van der Waals surface area contributed by atoms with Gasteiger partial charge in [-0.1, -0.05) is 37.7 Å². The molecule has 24 heavy (non-hydrogen) atoms. The minimum Gasteiger partial charge on any atom is -0.337 e. The molecule has 1 atom stereocenters. The van der Waals surface area contributed by atoms with Crippen molar-refractivity contribution in [1.82, 2.24) is 20.5 Å². The van der Waals surface area contributed by atoms with E-state index in [2.05, 4.69) is 26.6 Å². The van der Waals surface area contributed by atoms with Crippen LogP contribution in [0.1, 0.15) is 20.8 Å². The molecule has 1 heterocycles. The van der Waals surface area contributed by atoms with E-state index < -0.39 is 11.4 Å². The number of thioether (sulfide) groups is 1. The number of aromatic amines is 1. The Balaban J connectivity index is 1.98. The Morgan fingerprint density at radius 2 is 2.21 bits per heavy atom. The number of nitrogens with zero attached hydrogens (tertiary/aromatic N) is 3. The highest BCUT2D eigenvalue weighted by Crippen LogP contribution is 2.22. The Labute approximate surface area is 143 Å². The quantitative estimate of drug-likeness (QED) is 0.784. The molecule has 2 N–H and O–H groups in total. The number of aromatic nitrogens is 3. The first-order valence-corrected chi connectivity index (χ1v) is 8.36. The lowest BCUT2D eigenvalue weighted by Crippen LogP contribution is -2.49. The van der Waals surface area contributed by atoms with Crippen molar-refractivity contribution < 1.29 is 9.18 Å². The molecular formula is C16H18FN5OS. The Kier molecular flexibility index (Phi) is 5.57. The fourth-order valence-corrected chi connectivity index (χ4v) is 2.44. The van der Waals surface area contributed by atoms with E-state index in [0.29, 0.717) is 16.5 Å². The molecule has 0 aliphatic heterocycles. The second kappa shape index (κ2) is 7.45. The molecule has 0 spiro atoms. The van der Waals surface area contributed by atoms with E-state index in [0.717, 1.165) is 11.8 Å². The Bertz CT molecular complexity index is 770. The molecule has 0 fully saturated rings. The number of hydrogen-bond donors (Lipinski definition) is 2. The van der Waals surface area contributed by atoms with Crippen molar-refractivity contribution >= 4 is 17.7 Å². The Morgan fingerprint density at radius 3 is 2.83 bits per heavy atom. The van der Waals surface area contributed by atoms with Crippen molar-refractivity contribution in [1.29, 1.82) is 5.26 Å². The number of carbonyl (C=O) groups excluding carboxylic acids is 1. The number of benzene rings is 1. The highest BCUT2D eigenvalue weighted by molar-refractivity contribution is 7.99. The number of hydrogen-bond acceptors (Lipinski definition) is 5. The van der Waals surface area contributed by atoms with Gasteiger partial charge in [-0.25, -0.2) is 9.37 Å². The van der Waals surface area contributed by atoms with Crippen LogP contribution in [0.5, 0.6) is 0 Å². The van der Waals surface area contributed by atoms with Crippen LogP contribution in [0.4, 0.5) is 4.39 Å². The topological polar surface area (TPSA) is 94.5 Å². The van der Waals surface area contributed by atoms with Gasteiger partial charge in [0.1, 0.15) is 11.4 Å². The number of halogens is 1. The van der Waals surface area contributed by atoms with Crippen molar-refractivity contribution in [3.05, 3.63) is 30.1 Å². The summed E-state index contributed by atoms with van der Waals surface area (Å²) in [5, 5.41) is 18.9.